The second kappa shape index (κ2) is 13.3. The molecule has 3 fully saturated rings. The van der Waals surface area contributed by atoms with Crippen molar-refractivity contribution in [2.45, 2.75) is 57.2 Å². The highest BCUT2D eigenvalue weighted by molar-refractivity contribution is 5.92. The molecule has 1 saturated carbocycles. The molecule has 7 rings (SSSR count). The Labute approximate surface area is 279 Å². The maximum absolute atomic E-state index is 13.8. The summed E-state index contributed by atoms with van der Waals surface area (Å²) < 4.78 is 1.75. The van der Waals surface area contributed by atoms with Crippen LogP contribution in [-0.4, -0.2) is 68.4 Å². The number of carbonyl (C=O) groups excluding carboxylic acids is 2. The van der Waals surface area contributed by atoms with Gasteiger partial charge in [-0.25, -0.2) is 14.8 Å². The van der Waals surface area contributed by atoms with Crippen LogP contribution < -0.4 is 25.8 Å². The normalized spacial score (nSPS) is 21.9. The molecule has 1 aromatic carbocycles. The molecule has 13 heteroatoms. The molecule has 48 heavy (non-hydrogen) atoms. The highest BCUT2D eigenvalue weighted by atomic mass is 16.2. The number of aryl methyl sites for hydroxylation is 1. The van der Waals surface area contributed by atoms with Crippen LogP contribution in [0.1, 0.15) is 49.7 Å². The van der Waals surface area contributed by atoms with E-state index in [4.69, 9.17) is 9.97 Å². The van der Waals surface area contributed by atoms with E-state index in [2.05, 4.69) is 32.1 Å². The average molecular weight is 646 g/mol. The van der Waals surface area contributed by atoms with E-state index in [0.717, 1.165) is 55.2 Å². The Kier molecular flexibility index (Phi) is 8.63. The molecule has 1 aliphatic carbocycles. The van der Waals surface area contributed by atoms with Gasteiger partial charge in [-0.2, -0.15) is 15.3 Å². The molecule has 3 amide bonds. The van der Waals surface area contributed by atoms with Gasteiger partial charge in [0.2, 0.25) is 11.9 Å². The lowest BCUT2D eigenvalue weighted by Gasteiger charge is -2.36. The van der Waals surface area contributed by atoms with Crippen LogP contribution in [-0.2, 0) is 18.4 Å². The van der Waals surface area contributed by atoms with Crippen molar-refractivity contribution >= 4 is 29.5 Å². The predicted molar refractivity (Wildman–Crippen MR) is 181 cm³/mol. The Hall–Kier alpha value is -5.51. The largest absolute Gasteiger partial charge is 0.356 e. The summed E-state index contributed by atoms with van der Waals surface area (Å²) >= 11 is 0. The van der Waals surface area contributed by atoms with Crippen LogP contribution in [0.4, 0.5) is 22.4 Å². The van der Waals surface area contributed by atoms with E-state index in [-0.39, 0.29) is 24.0 Å². The third kappa shape index (κ3) is 6.38. The lowest BCUT2D eigenvalue weighted by atomic mass is 9.86. The number of aromatic nitrogens is 5. The van der Waals surface area contributed by atoms with Crippen molar-refractivity contribution < 1.29 is 9.59 Å². The molecule has 13 nitrogen and oxygen atoms in total. The first-order valence-electron chi connectivity index (χ1n) is 16.5. The van der Waals surface area contributed by atoms with Crippen LogP contribution in [0.2, 0.25) is 0 Å². The minimum absolute atomic E-state index is 0.0497. The van der Waals surface area contributed by atoms with Gasteiger partial charge in [0.25, 0.3) is 0 Å². The van der Waals surface area contributed by atoms with Crippen LogP contribution in [0, 0.1) is 16.7 Å². The minimum Gasteiger partial charge on any atom is -0.356 e. The number of nitrogens with one attached hydrogen (secondary N) is 3. The molecule has 4 aromatic rings. The maximum atomic E-state index is 13.8. The molecule has 1 atom stereocenters. The van der Waals surface area contributed by atoms with Crippen LogP contribution >= 0.6 is 0 Å². The van der Waals surface area contributed by atoms with Gasteiger partial charge in [0, 0.05) is 68.8 Å². The number of benzene rings is 1. The summed E-state index contributed by atoms with van der Waals surface area (Å²) in [7, 11) is 1.88. The summed E-state index contributed by atoms with van der Waals surface area (Å²) in [5, 5.41) is 23.6. The number of urea groups is 1. The highest BCUT2D eigenvalue weighted by Gasteiger charge is 2.48. The highest BCUT2D eigenvalue weighted by Crippen LogP contribution is 2.39. The van der Waals surface area contributed by atoms with E-state index >= 15 is 0 Å². The summed E-state index contributed by atoms with van der Waals surface area (Å²) in [4.78, 5) is 44.1. The number of anilines is 3. The average Bonchev–Trinajstić information content (AvgIpc) is 3.85. The van der Waals surface area contributed by atoms with Crippen molar-refractivity contribution in [1.29, 1.82) is 5.26 Å². The van der Waals surface area contributed by atoms with Gasteiger partial charge in [-0.3, -0.25) is 14.4 Å². The molecule has 3 N–H and O–H groups in total. The van der Waals surface area contributed by atoms with Crippen molar-refractivity contribution in [3.63, 3.8) is 0 Å². The Bertz CT molecular complexity index is 1810. The fourth-order valence-corrected chi connectivity index (χ4v) is 7.17. The number of pyridine rings is 1. The third-order valence-electron chi connectivity index (χ3n) is 9.85. The molecule has 2 saturated heterocycles. The van der Waals surface area contributed by atoms with Crippen molar-refractivity contribution in [2.75, 3.05) is 34.8 Å². The standard InChI is InChI=1S/C35H39N11O2/c1-44-22-27(21-41-44)25-7-12-30(38-19-25)46(34(48)40-18-24-5-3-2-4-6-24)29-10-8-28(9-11-29)42-33-39-20-26(17-36)31(43-33)45-16-14-35(23-45)13-15-37-32(35)47/h2-7,12,19-22,28-29H,8-11,13-16,18,23H2,1H3,(H,37,47)(H,40,48)(H,39,42,43). The Morgan fingerprint density at radius 2 is 1.90 bits per heavy atom. The number of nitriles is 1. The van der Waals surface area contributed by atoms with Crippen molar-refractivity contribution in [2.24, 2.45) is 12.5 Å². The molecule has 246 valence electrons. The van der Waals surface area contributed by atoms with Crippen LogP contribution in [0.5, 0.6) is 0 Å². The summed E-state index contributed by atoms with van der Waals surface area (Å²) in [5.74, 6) is 1.73. The number of hydrogen-bond acceptors (Lipinski definition) is 9. The predicted octanol–water partition coefficient (Wildman–Crippen LogP) is 4.00. The summed E-state index contributed by atoms with van der Waals surface area (Å²) in [6.45, 7) is 2.33. The van der Waals surface area contributed by atoms with Gasteiger partial charge in [0.05, 0.1) is 17.8 Å². The van der Waals surface area contributed by atoms with Gasteiger partial charge >= 0.3 is 6.03 Å². The van der Waals surface area contributed by atoms with Crippen LogP contribution in [0.15, 0.2) is 67.3 Å². The fourth-order valence-electron chi connectivity index (χ4n) is 7.17. The van der Waals surface area contributed by atoms with Gasteiger partial charge in [-0.05, 0) is 56.2 Å². The van der Waals surface area contributed by atoms with Gasteiger partial charge in [-0.1, -0.05) is 30.3 Å². The first-order chi connectivity index (χ1) is 23.4. The van der Waals surface area contributed by atoms with Crippen molar-refractivity contribution in [3.8, 4) is 17.2 Å². The molecular formula is C35H39N11O2. The number of nitrogens with zero attached hydrogens (tertiary/aromatic N) is 8. The number of carbonyl (C=O) groups is 2. The first kappa shape index (κ1) is 31.1. The third-order valence-corrected chi connectivity index (χ3v) is 9.85. The quantitative estimate of drug-likeness (QED) is 0.258. The Balaban J connectivity index is 1.04. The fraction of sp³-hybridized carbons (Fsp3) is 0.400. The number of amides is 3. The molecule has 0 bridgehead atoms. The zero-order valence-corrected chi connectivity index (χ0v) is 27.0. The maximum Gasteiger partial charge on any atom is 0.323 e. The molecule has 0 radical (unpaired) electrons. The summed E-state index contributed by atoms with van der Waals surface area (Å²) in [6.07, 6.45) is 11.8. The number of hydrogen-bond donors (Lipinski definition) is 3. The van der Waals surface area contributed by atoms with Crippen LogP contribution in [0.3, 0.4) is 0 Å². The van der Waals surface area contributed by atoms with E-state index < -0.39 is 5.41 Å². The Morgan fingerprint density at radius 3 is 2.58 bits per heavy atom. The van der Waals surface area contributed by atoms with Gasteiger partial charge in [-0.15, -0.1) is 0 Å². The molecular weight excluding hydrogens is 606 g/mol. The molecule has 3 aliphatic rings. The smallest absolute Gasteiger partial charge is 0.323 e. The van der Waals surface area contributed by atoms with Gasteiger partial charge in [0.1, 0.15) is 17.5 Å². The summed E-state index contributed by atoms with van der Waals surface area (Å²) in [5.41, 5.74) is 2.91. The molecule has 1 unspecified atom stereocenters. The van der Waals surface area contributed by atoms with E-state index in [1.807, 2.05) is 60.6 Å². The van der Waals surface area contributed by atoms with Gasteiger partial charge in [0.15, 0.2) is 5.82 Å². The monoisotopic (exact) mass is 645 g/mol. The topological polar surface area (TPSA) is 157 Å². The second-order valence-corrected chi connectivity index (χ2v) is 13.0. The van der Waals surface area contributed by atoms with E-state index in [1.54, 1.807) is 28.2 Å². The van der Waals surface area contributed by atoms with Crippen molar-refractivity contribution in [1.82, 2.24) is 35.4 Å². The minimum atomic E-state index is -0.406. The molecule has 3 aromatic heterocycles. The zero-order valence-electron chi connectivity index (χ0n) is 27.0. The summed E-state index contributed by atoms with van der Waals surface area (Å²) in [6, 6.07) is 15.8. The molecule has 5 heterocycles. The number of rotatable bonds is 8. The SMILES string of the molecule is Cn1cc(-c2ccc(N(C(=O)NCc3ccccc3)C3CCC(Nc4ncc(C#N)c(N5CCC6(CCNC6=O)C5)n4)CC3)nc2)cn1. The first-order valence-corrected chi connectivity index (χ1v) is 16.5. The van der Waals surface area contributed by atoms with Gasteiger partial charge < -0.3 is 20.9 Å². The van der Waals surface area contributed by atoms with E-state index in [9.17, 15) is 14.9 Å². The second-order valence-electron chi connectivity index (χ2n) is 13.0. The zero-order chi connectivity index (χ0) is 33.1. The van der Waals surface area contributed by atoms with Crippen LogP contribution in [0.25, 0.3) is 11.1 Å². The molecule has 1 spiro atoms. The van der Waals surface area contributed by atoms with Crippen molar-refractivity contribution in [3.05, 3.63) is 78.4 Å². The Morgan fingerprint density at radius 1 is 1.06 bits per heavy atom. The lowest BCUT2D eigenvalue weighted by Crippen LogP contribution is -2.49. The van der Waals surface area contributed by atoms with E-state index in [1.165, 1.54) is 0 Å². The lowest BCUT2D eigenvalue weighted by molar-refractivity contribution is -0.126. The van der Waals surface area contributed by atoms with E-state index in [0.29, 0.717) is 49.3 Å². The molecule has 2 aliphatic heterocycles.